The largest absolute Gasteiger partial charge is 0.480 e. The van der Waals surface area contributed by atoms with Gasteiger partial charge in [-0.3, -0.25) is 14.4 Å². The van der Waals surface area contributed by atoms with E-state index in [-0.39, 0.29) is 12.3 Å². The third-order valence-corrected chi connectivity index (χ3v) is 6.88. The van der Waals surface area contributed by atoms with Crippen LogP contribution < -0.4 is 27.4 Å². The molecule has 208 valence electrons. The molecule has 0 fully saturated rings. The summed E-state index contributed by atoms with van der Waals surface area (Å²) >= 11 is 1.48. The minimum absolute atomic E-state index is 0.264. The summed E-state index contributed by atoms with van der Waals surface area (Å²) in [6, 6.07) is 5.56. The maximum absolute atomic E-state index is 13.3. The van der Waals surface area contributed by atoms with Gasteiger partial charge in [-0.1, -0.05) is 50.6 Å². The van der Waals surface area contributed by atoms with Crippen molar-refractivity contribution >= 4 is 35.5 Å². The molecular weight excluding hydrogens is 494 g/mol. The Morgan fingerprint density at radius 2 is 1.59 bits per heavy atom. The molecule has 1 aromatic carbocycles. The topological polar surface area (TPSA) is 177 Å². The van der Waals surface area contributed by atoms with Crippen molar-refractivity contribution in [3.8, 4) is 0 Å². The Labute approximate surface area is 224 Å². The van der Waals surface area contributed by atoms with Crippen LogP contribution in [0.4, 0.5) is 0 Å². The first-order valence-electron chi connectivity index (χ1n) is 12.8. The van der Waals surface area contributed by atoms with E-state index in [4.69, 9.17) is 11.5 Å². The molecule has 11 heteroatoms. The molecule has 0 aliphatic carbocycles. The number of carbonyl (C=O) groups excluding carboxylic acids is 3. The Hall–Kier alpha value is -2.63. The monoisotopic (exact) mass is 537 g/mol. The maximum atomic E-state index is 13.3. The van der Waals surface area contributed by atoms with Crippen LogP contribution in [0.2, 0.25) is 0 Å². The lowest BCUT2D eigenvalue weighted by atomic mass is 9.96. The van der Waals surface area contributed by atoms with E-state index in [1.54, 1.807) is 6.92 Å². The Bertz CT molecular complexity index is 857. The second-order valence-electron chi connectivity index (χ2n) is 9.19. The number of carbonyl (C=O) groups is 4. The molecule has 0 saturated heterocycles. The van der Waals surface area contributed by atoms with Crippen LogP contribution in [0.25, 0.3) is 0 Å². The zero-order valence-corrected chi connectivity index (χ0v) is 22.9. The number of amides is 3. The third kappa shape index (κ3) is 12.0. The van der Waals surface area contributed by atoms with Gasteiger partial charge in [-0.25, -0.2) is 4.79 Å². The van der Waals surface area contributed by atoms with Crippen molar-refractivity contribution in [2.24, 2.45) is 17.4 Å². The number of nitrogens with two attached hydrogens (primary N) is 2. The molecule has 3 amide bonds. The van der Waals surface area contributed by atoms with E-state index in [2.05, 4.69) is 16.0 Å². The fourth-order valence-electron chi connectivity index (χ4n) is 3.71. The standard InChI is InChI=1S/C26H43N5O5S/c1-4-17(2)22(25(34)30-21(26(35)36)13-15-37-3)31-24(33)20(12-8-9-14-27)29-23(32)19(28)16-18-10-6-5-7-11-18/h5-7,10-11,17,19-22H,4,8-9,12-16,27-28H2,1-3H3,(H,29,32)(H,30,34)(H,31,33)(H,35,36). The van der Waals surface area contributed by atoms with Crippen molar-refractivity contribution in [1.82, 2.24) is 16.0 Å². The van der Waals surface area contributed by atoms with E-state index in [1.165, 1.54) is 11.8 Å². The van der Waals surface area contributed by atoms with Gasteiger partial charge < -0.3 is 32.5 Å². The number of nitrogens with one attached hydrogen (secondary N) is 3. The van der Waals surface area contributed by atoms with Gasteiger partial charge >= 0.3 is 5.97 Å². The van der Waals surface area contributed by atoms with Crippen LogP contribution in [-0.2, 0) is 25.6 Å². The lowest BCUT2D eigenvalue weighted by Crippen LogP contribution is -2.58. The molecule has 37 heavy (non-hydrogen) atoms. The van der Waals surface area contributed by atoms with Gasteiger partial charge in [0.1, 0.15) is 18.1 Å². The third-order valence-electron chi connectivity index (χ3n) is 6.23. The average Bonchev–Trinajstić information content (AvgIpc) is 2.88. The van der Waals surface area contributed by atoms with E-state index in [0.717, 1.165) is 5.56 Å². The molecule has 10 nitrogen and oxygen atoms in total. The highest BCUT2D eigenvalue weighted by molar-refractivity contribution is 7.98. The highest BCUT2D eigenvalue weighted by atomic mass is 32.2. The van der Waals surface area contributed by atoms with Crippen LogP contribution in [0, 0.1) is 5.92 Å². The summed E-state index contributed by atoms with van der Waals surface area (Å²) in [5.74, 6) is -2.38. The van der Waals surface area contributed by atoms with Gasteiger partial charge in [0.25, 0.3) is 0 Å². The molecule has 8 N–H and O–H groups in total. The van der Waals surface area contributed by atoms with E-state index in [9.17, 15) is 24.3 Å². The average molecular weight is 538 g/mol. The van der Waals surface area contributed by atoms with Crippen LogP contribution in [0.15, 0.2) is 30.3 Å². The van der Waals surface area contributed by atoms with Gasteiger partial charge in [0.15, 0.2) is 0 Å². The SMILES string of the molecule is CCC(C)C(NC(=O)C(CCCCN)NC(=O)C(N)Cc1ccccc1)C(=O)NC(CCSC)C(=O)O. The molecule has 1 rings (SSSR count). The predicted octanol–water partition coefficient (Wildman–Crippen LogP) is 1.02. The molecular formula is C26H43N5O5S. The quantitative estimate of drug-likeness (QED) is 0.150. The van der Waals surface area contributed by atoms with Crippen LogP contribution in [0.5, 0.6) is 0 Å². The van der Waals surface area contributed by atoms with Crippen molar-refractivity contribution in [1.29, 1.82) is 0 Å². The van der Waals surface area contributed by atoms with Crippen molar-refractivity contribution < 1.29 is 24.3 Å². The normalized spacial score (nSPS) is 15.1. The number of hydrogen-bond acceptors (Lipinski definition) is 7. The summed E-state index contributed by atoms with van der Waals surface area (Å²) in [4.78, 5) is 50.8. The number of rotatable bonds is 18. The maximum Gasteiger partial charge on any atom is 0.326 e. The lowest BCUT2D eigenvalue weighted by molar-refractivity contribution is -0.142. The first kappa shape index (κ1) is 32.4. The van der Waals surface area contributed by atoms with Gasteiger partial charge in [0.2, 0.25) is 17.7 Å². The summed E-state index contributed by atoms with van der Waals surface area (Å²) < 4.78 is 0. The van der Waals surface area contributed by atoms with Crippen molar-refractivity contribution in [3.05, 3.63) is 35.9 Å². The van der Waals surface area contributed by atoms with E-state index in [0.29, 0.717) is 44.4 Å². The zero-order valence-electron chi connectivity index (χ0n) is 22.1. The number of carboxylic acids is 1. The fraction of sp³-hybridized carbons (Fsp3) is 0.615. The summed E-state index contributed by atoms with van der Waals surface area (Å²) in [6.45, 7) is 4.13. The molecule has 0 aliphatic heterocycles. The van der Waals surface area contributed by atoms with Crippen LogP contribution in [0.3, 0.4) is 0 Å². The summed E-state index contributed by atoms with van der Waals surface area (Å²) in [7, 11) is 0. The number of aliphatic carboxylic acids is 1. The first-order chi connectivity index (χ1) is 17.6. The Kier molecular flexibility index (Phi) is 15.6. The Morgan fingerprint density at radius 1 is 0.946 bits per heavy atom. The van der Waals surface area contributed by atoms with E-state index in [1.807, 2.05) is 43.5 Å². The first-order valence-corrected chi connectivity index (χ1v) is 14.2. The fourth-order valence-corrected chi connectivity index (χ4v) is 4.18. The Balaban J connectivity index is 2.97. The summed E-state index contributed by atoms with van der Waals surface area (Å²) in [5.41, 5.74) is 12.6. The highest BCUT2D eigenvalue weighted by Crippen LogP contribution is 2.12. The van der Waals surface area contributed by atoms with Gasteiger partial charge in [0, 0.05) is 0 Å². The summed E-state index contributed by atoms with van der Waals surface area (Å²) in [5, 5.41) is 17.5. The number of carboxylic acid groups (broad SMARTS) is 1. The number of benzene rings is 1. The lowest BCUT2D eigenvalue weighted by Gasteiger charge is -2.28. The second-order valence-corrected chi connectivity index (χ2v) is 10.2. The van der Waals surface area contributed by atoms with Crippen LogP contribution >= 0.6 is 11.8 Å². The Morgan fingerprint density at radius 3 is 2.16 bits per heavy atom. The van der Waals surface area contributed by atoms with Crippen molar-refractivity contribution in [2.75, 3.05) is 18.6 Å². The molecule has 0 aliphatic rings. The summed E-state index contributed by atoms with van der Waals surface area (Å²) in [6.07, 6.45) is 4.60. The molecule has 0 aromatic heterocycles. The molecule has 5 unspecified atom stereocenters. The minimum atomic E-state index is -1.13. The van der Waals surface area contributed by atoms with Gasteiger partial charge in [-0.2, -0.15) is 11.8 Å². The smallest absolute Gasteiger partial charge is 0.326 e. The molecule has 5 atom stereocenters. The molecule has 0 radical (unpaired) electrons. The molecule has 0 saturated carbocycles. The predicted molar refractivity (Wildman–Crippen MR) is 147 cm³/mol. The van der Waals surface area contributed by atoms with Crippen LogP contribution in [0.1, 0.15) is 51.5 Å². The molecule has 0 bridgehead atoms. The molecule has 0 heterocycles. The molecule has 1 aromatic rings. The van der Waals surface area contributed by atoms with Gasteiger partial charge in [-0.15, -0.1) is 0 Å². The number of unbranched alkanes of at least 4 members (excludes halogenated alkanes) is 1. The van der Waals surface area contributed by atoms with Gasteiger partial charge in [0.05, 0.1) is 6.04 Å². The second kappa shape index (κ2) is 17.8. The van der Waals surface area contributed by atoms with E-state index < -0.39 is 47.9 Å². The minimum Gasteiger partial charge on any atom is -0.480 e. The zero-order chi connectivity index (χ0) is 27.8. The highest BCUT2D eigenvalue weighted by Gasteiger charge is 2.32. The van der Waals surface area contributed by atoms with Crippen molar-refractivity contribution in [2.45, 2.75) is 76.5 Å². The van der Waals surface area contributed by atoms with Crippen molar-refractivity contribution in [3.63, 3.8) is 0 Å². The number of hydrogen-bond donors (Lipinski definition) is 6. The number of thioether (sulfide) groups is 1. The van der Waals surface area contributed by atoms with E-state index >= 15 is 0 Å². The molecule has 0 spiro atoms. The van der Waals surface area contributed by atoms with Crippen LogP contribution in [-0.4, -0.2) is 71.5 Å². The van der Waals surface area contributed by atoms with Gasteiger partial charge in [-0.05, 0) is 62.1 Å².